The summed E-state index contributed by atoms with van der Waals surface area (Å²) in [5.74, 6) is 0. The van der Waals surface area contributed by atoms with E-state index in [1.807, 2.05) is 30.3 Å². The molecule has 0 unspecified atom stereocenters. The van der Waals surface area contributed by atoms with Gasteiger partial charge in [0.05, 0.1) is 0 Å². The van der Waals surface area contributed by atoms with Crippen molar-refractivity contribution in [1.29, 1.82) is 0 Å². The maximum absolute atomic E-state index is 11.7. The Morgan fingerprint density at radius 2 is 2.00 bits per heavy atom. The van der Waals surface area contributed by atoms with E-state index in [0.29, 0.717) is 10.8 Å². The molecule has 82 valence electrons. The van der Waals surface area contributed by atoms with Gasteiger partial charge in [0.25, 0.3) is 5.56 Å². The molecular formula is C12H11BrN2O. The lowest BCUT2D eigenvalue weighted by atomic mass is 10.2. The summed E-state index contributed by atoms with van der Waals surface area (Å²) in [5.41, 5.74) is 1.52. The molecule has 0 amide bonds. The van der Waals surface area contributed by atoms with Crippen molar-refractivity contribution in [2.24, 2.45) is 7.05 Å². The van der Waals surface area contributed by atoms with Crippen LogP contribution in [0.25, 0.3) is 12.7 Å². The van der Waals surface area contributed by atoms with Crippen LogP contribution in [0.2, 0.25) is 0 Å². The van der Waals surface area contributed by atoms with Gasteiger partial charge < -0.3 is 4.98 Å². The third kappa shape index (κ3) is 2.02. The number of benzene rings is 1. The zero-order valence-electron chi connectivity index (χ0n) is 8.83. The van der Waals surface area contributed by atoms with Gasteiger partial charge in [0.15, 0.2) is 0 Å². The van der Waals surface area contributed by atoms with Crippen LogP contribution in [0.15, 0.2) is 33.5 Å². The summed E-state index contributed by atoms with van der Waals surface area (Å²) in [4.78, 5) is 14.7. The highest BCUT2D eigenvalue weighted by Gasteiger charge is 1.96. The van der Waals surface area contributed by atoms with Crippen molar-refractivity contribution in [3.05, 3.63) is 55.5 Å². The summed E-state index contributed by atoms with van der Waals surface area (Å²) in [5, 5.41) is 0.551. The van der Waals surface area contributed by atoms with Crippen molar-refractivity contribution in [3.8, 4) is 0 Å². The summed E-state index contributed by atoms with van der Waals surface area (Å²) >= 11 is 3.36. The minimum atomic E-state index is -0.0621. The lowest BCUT2D eigenvalue weighted by Crippen LogP contribution is -2.28. The largest absolute Gasteiger partial charge is 0.338 e. The number of aromatic amines is 1. The van der Waals surface area contributed by atoms with E-state index in [0.717, 1.165) is 10.0 Å². The molecule has 16 heavy (non-hydrogen) atoms. The number of halogens is 1. The molecule has 0 fully saturated rings. The maximum Gasteiger partial charge on any atom is 0.275 e. The first-order valence-corrected chi connectivity index (χ1v) is 5.58. The molecule has 2 rings (SSSR count). The Kier molecular flexibility index (Phi) is 2.83. The predicted molar refractivity (Wildman–Crippen MR) is 68.5 cm³/mol. The number of imidazole rings is 1. The van der Waals surface area contributed by atoms with Crippen molar-refractivity contribution in [2.45, 2.75) is 0 Å². The van der Waals surface area contributed by atoms with E-state index in [9.17, 15) is 4.79 Å². The highest BCUT2D eigenvalue weighted by atomic mass is 79.9. The van der Waals surface area contributed by atoms with Gasteiger partial charge in [-0.1, -0.05) is 34.6 Å². The lowest BCUT2D eigenvalue weighted by molar-refractivity contribution is 0.840. The number of hydrogen-bond donors (Lipinski definition) is 1. The molecule has 0 atom stereocenters. The zero-order valence-corrected chi connectivity index (χ0v) is 10.4. The second kappa shape index (κ2) is 4.14. The SMILES string of the molecule is C=c1[nH]c(=Cc2ccc(Br)cc2)c(=O)n1C. The van der Waals surface area contributed by atoms with E-state index in [1.165, 1.54) is 4.57 Å². The van der Waals surface area contributed by atoms with Gasteiger partial charge in [0.2, 0.25) is 0 Å². The normalized spacial score (nSPS) is 12.0. The Morgan fingerprint density at radius 1 is 1.38 bits per heavy atom. The van der Waals surface area contributed by atoms with Crippen LogP contribution in [0.3, 0.4) is 0 Å². The molecule has 0 aliphatic carbocycles. The first kappa shape index (κ1) is 11.0. The molecule has 4 heteroatoms. The summed E-state index contributed by atoms with van der Waals surface area (Å²) < 4.78 is 2.51. The third-order valence-corrected chi connectivity index (χ3v) is 2.93. The van der Waals surface area contributed by atoms with Crippen molar-refractivity contribution >= 4 is 28.6 Å². The molecular weight excluding hydrogens is 268 g/mol. The van der Waals surface area contributed by atoms with Crippen LogP contribution in [-0.4, -0.2) is 9.55 Å². The predicted octanol–water partition coefficient (Wildman–Crippen LogP) is 0.715. The number of H-pyrrole nitrogens is 1. The van der Waals surface area contributed by atoms with Crippen molar-refractivity contribution in [2.75, 3.05) is 0 Å². The summed E-state index contributed by atoms with van der Waals surface area (Å²) in [6, 6.07) is 7.75. The fourth-order valence-corrected chi connectivity index (χ4v) is 1.68. The molecule has 0 aliphatic rings. The smallest absolute Gasteiger partial charge is 0.275 e. The van der Waals surface area contributed by atoms with Crippen LogP contribution in [0.1, 0.15) is 5.56 Å². The van der Waals surface area contributed by atoms with E-state index >= 15 is 0 Å². The molecule has 0 aliphatic heterocycles. The quantitative estimate of drug-likeness (QED) is 0.820. The van der Waals surface area contributed by atoms with E-state index in [1.54, 1.807) is 7.05 Å². The molecule has 1 aromatic heterocycles. The van der Waals surface area contributed by atoms with Crippen molar-refractivity contribution in [3.63, 3.8) is 0 Å². The van der Waals surface area contributed by atoms with Gasteiger partial charge in [-0.2, -0.15) is 0 Å². The van der Waals surface area contributed by atoms with Crippen LogP contribution >= 0.6 is 15.9 Å². The monoisotopic (exact) mass is 278 g/mol. The Hall–Kier alpha value is -1.55. The second-order valence-corrected chi connectivity index (χ2v) is 4.46. The number of rotatable bonds is 1. The van der Waals surface area contributed by atoms with E-state index in [2.05, 4.69) is 27.5 Å². The van der Waals surface area contributed by atoms with Crippen molar-refractivity contribution < 1.29 is 0 Å². The summed E-state index contributed by atoms with van der Waals surface area (Å²) in [6.45, 7) is 3.74. The van der Waals surface area contributed by atoms with E-state index < -0.39 is 0 Å². The molecule has 0 bridgehead atoms. The Bertz CT molecular complexity index is 665. The molecule has 1 heterocycles. The van der Waals surface area contributed by atoms with Gasteiger partial charge >= 0.3 is 0 Å². The molecule has 1 aromatic carbocycles. The Labute approximate surface area is 101 Å². The molecule has 0 saturated carbocycles. The standard InChI is InChI=1S/C12H11BrN2O/c1-8-14-11(12(16)15(8)2)7-9-3-5-10(13)6-4-9/h3-7,14H,1H2,2H3. The zero-order chi connectivity index (χ0) is 11.7. The number of nitrogens with one attached hydrogen (secondary N) is 1. The fourth-order valence-electron chi connectivity index (χ4n) is 1.42. The van der Waals surface area contributed by atoms with Gasteiger partial charge in [-0.3, -0.25) is 9.36 Å². The number of hydrogen-bond acceptors (Lipinski definition) is 1. The lowest BCUT2D eigenvalue weighted by Gasteiger charge is -1.91. The molecule has 3 nitrogen and oxygen atoms in total. The fraction of sp³-hybridized carbons (Fsp3) is 0.0833. The highest BCUT2D eigenvalue weighted by molar-refractivity contribution is 9.10. The second-order valence-electron chi connectivity index (χ2n) is 3.55. The van der Waals surface area contributed by atoms with E-state index in [-0.39, 0.29) is 5.56 Å². The van der Waals surface area contributed by atoms with Gasteiger partial charge in [-0.15, -0.1) is 0 Å². The number of nitrogens with zero attached hydrogens (tertiary/aromatic N) is 1. The minimum Gasteiger partial charge on any atom is -0.338 e. The average Bonchev–Trinajstić information content (AvgIpc) is 2.50. The first-order chi connectivity index (χ1) is 7.58. The highest BCUT2D eigenvalue weighted by Crippen LogP contribution is 2.10. The van der Waals surface area contributed by atoms with Crippen LogP contribution in [0.5, 0.6) is 0 Å². The van der Waals surface area contributed by atoms with Crippen LogP contribution in [-0.2, 0) is 7.05 Å². The van der Waals surface area contributed by atoms with Gasteiger partial charge in [-0.25, -0.2) is 0 Å². The molecule has 0 saturated heterocycles. The van der Waals surface area contributed by atoms with Crippen LogP contribution < -0.4 is 16.4 Å². The minimum absolute atomic E-state index is 0.0621. The van der Waals surface area contributed by atoms with Crippen molar-refractivity contribution in [1.82, 2.24) is 9.55 Å². The first-order valence-electron chi connectivity index (χ1n) is 4.79. The molecule has 0 spiro atoms. The topological polar surface area (TPSA) is 37.8 Å². The summed E-state index contributed by atoms with van der Waals surface area (Å²) in [6.07, 6.45) is 1.81. The Balaban J connectivity index is 2.60. The third-order valence-electron chi connectivity index (χ3n) is 2.40. The van der Waals surface area contributed by atoms with Gasteiger partial charge in [-0.05, 0) is 23.8 Å². The summed E-state index contributed by atoms with van der Waals surface area (Å²) in [7, 11) is 1.69. The average molecular weight is 279 g/mol. The van der Waals surface area contributed by atoms with Gasteiger partial charge in [0.1, 0.15) is 10.8 Å². The van der Waals surface area contributed by atoms with Crippen LogP contribution in [0, 0.1) is 0 Å². The molecule has 0 radical (unpaired) electrons. The van der Waals surface area contributed by atoms with Crippen LogP contribution in [0.4, 0.5) is 0 Å². The Morgan fingerprint density at radius 3 is 2.50 bits per heavy atom. The maximum atomic E-state index is 11.7. The van der Waals surface area contributed by atoms with E-state index in [4.69, 9.17) is 0 Å². The molecule has 1 N–H and O–H groups in total. The number of aromatic nitrogens is 2. The van der Waals surface area contributed by atoms with Gasteiger partial charge in [0, 0.05) is 11.5 Å². The molecule has 2 aromatic rings.